The van der Waals surface area contributed by atoms with Crippen molar-refractivity contribution in [3.8, 4) is 5.82 Å². The number of hydrogen-bond acceptors (Lipinski definition) is 8. The van der Waals surface area contributed by atoms with Crippen LogP contribution in [-0.4, -0.2) is 37.2 Å². The van der Waals surface area contributed by atoms with E-state index in [9.17, 15) is 19.2 Å². The lowest BCUT2D eigenvalue weighted by Gasteiger charge is -2.10. The van der Waals surface area contributed by atoms with Gasteiger partial charge in [0.1, 0.15) is 17.1 Å². The van der Waals surface area contributed by atoms with Gasteiger partial charge in [-0.3, -0.25) is 23.3 Å². The zero-order valence-corrected chi connectivity index (χ0v) is 18.3. The minimum absolute atomic E-state index is 0.287. The Hall–Kier alpha value is -4.15. The summed E-state index contributed by atoms with van der Waals surface area (Å²) < 4.78 is 13.7. The molecule has 0 aliphatic heterocycles. The summed E-state index contributed by atoms with van der Waals surface area (Å²) in [5.74, 6) is -0.570. The number of esters is 1. The summed E-state index contributed by atoms with van der Waals surface area (Å²) in [6.45, 7) is 4.85. The SMILES string of the molecule is Cc1cc(-n2c(C)cc(/C=C/C(=O)OCC(=O)c3c(N)n(C)c(=O)n(C)c3=O)c2C)no1. The van der Waals surface area contributed by atoms with Gasteiger partial charge in [-0.25, -0.2) is 9.59 Å². The lowest BCUT2D eigenvalue weighted by molar-refractivity contribution is -0.136. The molecule has 0 aliphatic carbocycles. The quantitative estimate of drug-likeness (QED) is 0.336. The van der Waals surface area contributed by atoms with Crippen molar-refractivity contribution < 1.29 is 18.8 Å². The van der Waals surface area contributed by atoms with Crippen molar-refractivity contribution in [3.63, 3.8) is 0 Å². The molecule has 0 aliphatic rings. The molecule has 11 heteroatoms. The number of hydrogen-bond donors (Lipinski definition) is 1. The first-order valence-electron chi connectivity index (χ1n) is 9.59. The van der Waals surface area contributed by atoms with E-state index in [1.807, 2.05) is 24.5 Å². The number of aromatic nitrogens is 4. The molecule has 3 rings (SSSR count). The number of nitrogen functional groups attached to an aromatic ring is 1. The Balaban J connectivity index is 1.73. The second kappa shape index (κ2) is 8.53. The zero-order chi connectivity index (χ0) is 23.7. The number of Topliss-reactive ketones (excluding diaryl/α,β-unsaturated/α-hetero) is 1. The van der Waals surface area contributed by atoms with Gasteiger partial charge in [0.05, 0.1) is 0 Å². The molecule has 0 fully saturated rings. The van der Waals surface area contributed by atoms with E-state index >= 15 is 0 Å². The molecule has 2 N–H and O–H groups in total. The molecule has 3 aromatic rings. The highest BCUT2D eigenvalue weighted by atomic mass is 16.5. The van der Waals surface area contributed by atoms with Gasteiger partial charge in [0, 0.05) is 37.6 Å². The van der Waals surface area contributed by atoms with Gasteiger partial charge in [0.2, 0.25) is 5.78 Å². The molecule has 0 bridgehead atoms. The predicted octanol–water partition coefficient (Wildman–Crippen LogP) is 0.809. The first-order chi connectivity index (χ1) is 15.0. The molecule has 168 valence electrons. The number of aryl methyl sites for hydroxylation is 2. The first kappa shape index (κ1) is 22.5. The molecule has 3 aromatic heterocycles. The maximum absolute atomic E-state index is 12.4. The van der Waals surface area contributed by atoms with Crippen molar-refractivity contribution in [2.75, 3.05) is 12.3 Å². The lowest BCUT2D eigenvalue weighted by Crippen LogP contribution is -2.42. The highest BCUT2D eigenvalue weighted by Gasteiger charge is 2.21. The molecular formula is C21H23N5O6. The fourth-order valence-corrected chi connectivity index (χ4v) is 3.30. The normalized spacial score (nSPS) is 11.3. The summed E-state index contributed by atoms with van der Waals surface area (Å²) in [7, 11) is 2.56. The van der Waals surface area contributed by atoms with E-state index in [1.54, 1.807) is 19.1 Å². The first-order valence-corrected chi connectivity index (χ1v) is 9.59. The Bertz CT molecular complexity index is 1370. The van der Waals surface area contributed by atoms with Crippen molar-refractivity contribution in [1.29, 1.82) is 0 Å². The Morgan fingerprint density at radius 3 is 2.47 bits per heavy atom. The van der Waals surface area contributed by atoms with Crippen LogP contribution in [0.15, 0.2) is 32.3 Å². The average molecular weight is 441 g/mol. The standard InChI is InChI=1S/C21H23N5O6/c1-11-8-14(13(3)26(11)16-9-12(2)32-23-16)6-7-17(28)31-10-15(27)18-19(22)24(4)21(30)25(5)20(18)29/h6-9H,10,22H2,1-5H3/b7-6+. The number of rotatable bonds is 6. The molecule has 0 saturated heterocycles. The van der Waals surface area contributed by atoms with Crippen molar-refractivity contribution in [2.45, 2.75) is 20.8 Å². The third-order valence-electron chi connectivity index (χ3n) is 5.05. The van der Waals surface area contributed by atoms with Crippen molar-refractivity contribution in [3.05, 3.63) is 67.3 Å². The third kappa shape index (κ3) is 4.04. The Morgan fingerprint density at radius 1 is 1.16 bits per heavy atom. The molecule has 0 atom stereocenters. The molecule has 0 aromatic carbocycles. The van der Waals surface area contributed by atoms with Crippen LogP contribution in [0.5, 0.6) is 0 Å². The average Bonchev–Trinajstić information content (AvgIpc) is 3.29. The van der Waals surface area contributed by atoms with Crippen LogP contribution in [0.3, 0.4) is 0 Å². The molecule has 0 radical (unpaired) electrons. The van der Waals surface area contributed by atoms with Gasteiger partial charge in [0.25, 0.3) is 5.56 Å². The van der Waals surface area contributed by atoms with Crippen LogP contribution < -0.4 is 17.0 Å². The maximum Gasteiger partial charge on any atom is 0.332 e. The number of carbonyl (C=O) groups excluding carboxylic acids is 2. The van der Waals surface area contributed by atoms with Crippen LogP contribution in [0.25, 0.3) is 11.9 Å². The van der Waals surface area contributed by atoms with Gasteiger partial charge >= 0.3 is 11.7 Å². The number of anilines is 1. The molecule has 0 saturated carbocycles. The monoisotopic (exact) mass is 441 g/mol. The zero-order valence-electron chi connectivity index (χ0n) is 18.3. The molecule has 0 amide bonds. The molecule has 11 nitrogen and oxygen atoms in total. The number of ketones is 1. The maximum atomic E-state index is 12.4. The van der Waals surface area contributed by atoms with Gasteiger partial charge in [0.15, 0.2) is 12.4 Å². The Kier molecular flexibility index (Phi) is 6.01. The van der Waals surface area contributed by atoms with Crippen LogP contribution in [0.1, 0.15) is 33.1 Å². The van der Waals surface area contributed by atoms with Crippen molar-refractivity contribution >= 4 is 23.6 Å². The summed E-state index contributed by atoms with van der Waals surface area (Å²) in [5.41, 5.74) is 6.29. The van der Waals surface area contributed by atoms with Crippen LogP contribution in [0.2, 0.25) is 0 Å². The molecule has 0 spiro atoms. The van der Waals surface area contributed by atoms with Crippen LogP contribution in [-0.2, 0) is 23.6 Å². The summed E-state index contributed by atoms with van der Waals surface area (Å²) in [6, 6.07) is 3.66. The predicted molar refractivity (Wildman–Crippen MR) is 116 cm³/mol. The van der Waals surface area contributed by atoms with E-state index in [2.05, 4.69) is 5.16 Å². The van der Waals surface area contributed by atoms with E-state index < -0.39 is 35.2 Å². The minimum atomic E-state index is -0.849. The molecule has 3 heterocycles. The Labute approximate surface area is 182 Å². The van der Waals surface area contributed by atoms with Crippen LogP contribution in [0, 0.1) is 20.8 Å². The topological polar surface area (TPSA) is 144 Å². The van der Waals surface area contributed by atoms with E-state index in [0.29, 0.717) is 11.6 Å². The van der Waals surface area contributed by atoms with E-state index in [-0.39, 0.29) is 5.82 Å². The largest absolute Gasteiger partial charge is 0.454 e. The molecular weight excluding hydrogens is 418 g/mol. The third-order valence-corrected chi connectivity index (χ3v) is 5.05. The van der Waals surface area contributed by atoms with Crippen molar-refractivity contribution in [1.82, 2.24) is 18.9 Å². The van der Waals surface area contributed by atoms with Gasteiger partial charge in [-0.15, -0.1) is 0 Å². The van der Waals surface area contributed by atoms with Gasteiger partial charge in [-0.1, -0.05) is 5.16 Å². The van der Waals surface area contributed by atoms with Crippen molar-refractivity contribution in [2.24, 2.45) is 14.1 Å². The second-order valence-electron chi connectivity index (χ2n) is 7.29. The smallest absolute Gasteiger partial charge is 0.332 e. The molecule has 0 unspecified atom stereocenters. The lowest BCUT2D eigenvalue weighted by atomic mass is 10.2. The highest BCUT2D eigenvalue weighted by Crippen LogP contribution is 2.21. The second-order valence-corrected chi connectivity index (χ2v) is 7.29. The van der Waals surface area contributed by atoms with Crippen LogP contribution >= 0.6 is 0 Å². The molecule has 32 heavy (non-hydrogen) atoms. The number of carbonyl (C=O) groups is 2. The fraction of sp³-hybridized carbons (Fsp3) is 0.286. The summed E-state index contributed by atoms with van der Waals surface area (Å²) >= 11 is 0. The Morgan fingerprint density at radius 2 is 1.84 bits per heavy atom. The van der Waals surface area contributed by atoms with E-state index in [4.69, 9.17) is 15.0 Å². The summed E-state index contributed by atoms with van der Waals surface area (Å²) in [5, 5.41) is 4.00. The van der Waals surface area contributed by atoms with Crippen LogP contribution in [0.4, 0.5) is 5.82 Å². The minimum Gasteiger partial charge on any atom is -0.454 e. The highest BCUT2D eigenvalue weighted by molar-refractivity contribution is 6.01. The fourth-order valence-electron chi connectivity index (χ4n) is 3.30. The number of nitrogens with two attached hydrogens (primary N) is 1. The summed E-state index contributed by atoms with van der Waals surface area (Å²) in [6.07, 6.45) is 2.73. The number of nitrogens with zero attached hydrogens (tertiary/aromatic N) is 4. The van der Waals surface area contributed by atoms with E-state index in [1.165, 1.54) is 20.2 Å². The summed E-state index contributed by atoms with van der Waals surface area (Å²) in [4.78, 5) is 48.6. The number of ether oxygens (including phenoxy) is 1. The van der Waals surface area contributed by atoms with Gasteiger partial charge < -0.3 is 15.0 Å². The van der Waals surface area contributed by atoms with Gasteiger partial charge in [-0.05, 0) is 38.5 Å². The van der Waals surface area contributed by atoms with E-state index in [0.717, 1.165) is 26.1 Å². The van der Waals surface area contributed by atoms with Gasteiger partial charge in [-0.2, -0.15) is 0 Å².